The second-order valence-corrected chi connectivity index (χ2v) is 4.43. The van der Waals surface area contributed by atoms with Gasteiger partial charge in [0.2, 0.25) is 5.88 Å². The molecule has 0 fully saturated rings. The lowest BCUT2D eigenvalue weighted by molar-refractivity contribution is 0.414. The van der Waals surface area contributed by atoms with Crippen LogP contribution in [0.2, 0.25) is 0 Å². The molecular weight excluding hydrogens is 254 g/mol. The lowest BCUT2D eigenvalue weighted by atomic mass is 10.1. The van der Waals surface area contributed by atoms with Gasteiger partial charge in [0.15, 0.2) is 0 Å². The van der Waals surface area contributed by atoms with Crippen molar-refractivity contribution in [3.63, 3.8) is 0 Å². The minimum absolute atomic E-state index is 0.0572. The average molecular weight is 267 g/mol. The number of aromatic hydroxyl groups is 1. The molecule has 0 aliphatic heterocycles. The van der Waals surface area contributed by atoms with Gasteiger partial charge in [0, 0.05) is 11.5 Å². The number of methoxy groups -OCH3 is 1. The summed E-state index contributed by atoms with van der Waals surface area (Å²) in [6.45, 7) is 0. The SMILES string of the molecule is COc1ccc(-n2c(O)c3ccccc3cc2=O)cc1. The Balaban J connectivity index is 2.27. The third kappa shape index (κ3) is 1.91. The zero-order valence-electron chi connectivity index (χ0n) is 10.9. The molecule has 20 heavy (non-hydrogen) atoms. The molecule has 0 bridgehead atoms. The summed E-state index contributed by atoms with van der Waals surface area (Å²) < 4.78 is 6.37. The fraction of sp³-hybridized carbons (Fsp3) is 0.0625. The topological polar surface area (TPSA) is 51.5 Å². The van der Waals surface area contributed by atoms with E-state index in [0.717, 1.165) is 5.39 Å². The fourth-order valence-electron chi connectivity index (χ4n) is 2.23. The first-order valence-electron chi connectivity index (χ1n) is 6.19. The zero-order valence-corrected chi connectivity index (χ0v) is 10.9. The number of benzene rings is 2. The van der Waals surface area contributed by atoms with E-state index in [-0.39, 0.29) is 11.4 Å². The van der Waals surface area contributed by atoms with Gasteiger partial charge in [0.25, 0.3) is 5.56 Å². The van der Waals surface area contributed by atoms with Crippen molar-refractivity contribution >= 4 is 10.8 Å². The number of aromatic nitrogens is 1. The van der Waals surface area contributed by atoms with Crippen LogP contribution < -0.4 is 10.3 Å². The van der Waals surface area contributed by atoms with Gasteiger partial charge in [-0.15, -0.1) is 0 Å². The maximum absolute atomic E-state index is 12.2. The average Bonchev–Trinajstić information content (AvgIpc) is 2.48. The second kappa shape index (κ2) is 4.74. The minimum Gasteiger partial charge on any atom is -0.497 e. The predicted octanol–water partition coefficient (Wildman–Crippen LogP) is 2.70. The van der Waals surface area contributed by atoms with E-state index >= 15 is 0 Å². The number of hydrogen-bond donors (Lipinski definition) is 1. The molecule has 2 aromatic carbocycles. The van der Waals surface area contributed by atoms with Crippen LogP contribution in [0.25, 0.3) is 16.5 Å². The molecule has 3 aromatic rings. The third-order valence-electron chi connectivity index (χ3n) is 3.24. The van der Waals surface area contributed by atoms with Crippen LogP contribution in [0.4, 0.5) is 0 Å². The summed E-state index contributed by atoms with van der Waals surface area (Å²) in [6, 6.07) is 15.7. The van der Waals surface area contributed by atoms with Crippen molar-refractivity contribution < 1.29 is 9.84 Å². The molecule has 0 unspecified atom stereocenters. The summed E-state index contributed by atoms with van der Waals surface area (Å²) >= 11 is 0. The minimum atomic E-state index is -0.272. The van der Waals surface area contributed by atoms with Crippen LogP contribution in [0, 0.1) is 0 Å². The van der Waals surface area contributed by atoms with Crippen LogP contribution in [-0.2, 0) is 0 Å². The van der Waals surface area contributed by atoms with Crippen molar-refractivity contribution in [2.45, 2.75) is 0 Å². The largest absolute Gasteiger partial charge is 0.497 e. The molecule has 4 nitrogen and oxygen atoms in total. The molecule has 1 N–H and O–H groups in total. The molecule has 0 spiro atoms. The quantitative estimate of drug-likeness (QED) is 0.776. The Kier molecular flexibility index (Phi) is 2.91. The molecule has 100 valence electrons. The van der Waals surface area contributed by atoms with E-state index in [1.165, 1.54) is 10.6 Å². The Bertz CT molecular complexity index is 819. The van der Waals surface area contributed by atoms with Crippen LogP contribution in [0.3, 0.4) is 0 Å². The second-order valence-electron chi connectivity index (χ2n) is 4.43. The molecule has 0 radical (unpaired) electrons. The van der Waals surface area contributed by atoms with E-state index in [2.05, 4.69) is 0 Å². The number of ether oxygens (including phenoxy) is 1. The number of rotatable bonds is 2. The maximum atomic E-state index is 12.2. The van der Waals surface area contributed by atoms with Crippen LogP contribution >= 0.6 is 0 Å². The Hall–Kier alpha value is -2.75. The van der Waals surface area contributed by atoms with Crippen LogP contribution in [0.5, 0.6) is 11.6 Å². The van der Waals surface area contributed by atoms with Crippen LogP contribution in [0.1, 0.15) is 0 Å². The Morgan fingerprint density at radius 2 is 1.75 bits per heavy atom. The van der Waals surface area contributed by atoms with E-state index in [9.17, 15) is 9.90 Å². The summed E-state index contributed by atoms with van der Waals surface area (Å²) in [5.74, 6) is 0.639. The first-order valence-corrected chi connectivity index (χ1v) is 6.19. The van der Waals surface area contributed by atoms with Gasteiger partial charge < -0.3 is 9.84 Å². The van der Waals surface area contributed by atoms with Crippen molar-refractivity contribution in [1.29, 1.82) is 0 Å². The Morgan fingerprint density at radius 1 is 1.05 bits per heavy atom. The highest BCUT2D eigenvalue weighted by Gasteiger charge is 2.10. The van der Waals surface area contributed by atoms with E-state index in [0.29, 0.717) is 16.8 Å². The van der Waals surface area contributed by atoms with Gasteiger partial charge in [0.1, 0.15) is 5.75 Å². The molecule has 1 heterocycles. The van der Waals surface area contributed by atoms with E-state index in [1.54, 1.807) is 43.5 Å². The van der Waals surface area contributed by atoms with Crippen LogP contribution in [0.15, 0.2) is 59.4 Å². The van der Waals surface area contributed by atoms with Gasteiger partial charge in [-0.1, -0.05) is 18.2 Å². The third-order valence-corrected chi connectivity index (χ3v) is 3.24. The predicted molar refractivity (Wildman–Crippen MR) is 77.8 cm³/mol. The summed E-state index contributed by atoms with van der Waals surface area (Å²) in [6.07, 6.45) is 0. The van der Waals surface area contributed by atoms with Gasteiger partial charge in [0.05, 0.1) is 12.8 Å². The molecule has 0 amide bonds. The molecule has 1 aromatic heterocycles. The van der Waals surface area contributed by atoms with Crippen molar-refractivity contribution in [2.75, 3.05) is 7.11 Å². The first-order chi connectivity index (χ1) is 9.70. The monoisotopic (exact) mass is 267 g/mol. The van der Waals surface area contributed by atoms with Gasteiger partial charge >= 0.3 is 0 Å². The van der Waals surface area contributed by atoms with Crippen molar-refractivity contribution in [2.24, 2.45) is 0 Å². The van der Waals surface area contributed by atoms with Crippen molar-refractivity contribution in [1.82, 2.24) is 4.57 Å². The lowest BCUT2D eigenvalue weighted by Crippen LogP contribution is -2.17. The Labute approximate surface area is 115 Å². The molecule has 0 aliphatic rings. The maximum Gasteiger partial charge on any atom is 0.258 e. The van der Waals surface area contributed by atoms with E-state index < -0.39 is 0 Å². The standard InChI is InChI=1S/C16H13NO3/c1-20-13-8-6-12(7-9-13)17-15(18)10-11-4-2-3-5-14(11)16(17)19/h2-10,19H,1H3. The number of hydrogen-bond acceptors (Lipinski definition) is 3. The van der Waals surface area contributed by atoms with Crippen molar-refractivity contribution in [3.8, 4) is 17.3 Å². The molecular formula is C16H13NO3. The normalized spacial score (nSPS) is 10.7. The fourth-order valence-corrected chi connectivity index (χ4v) is 2.23. The van der Waals surface area contributed by atoms with Gasteiger partial charge in [-0.25, -0.2) is 4.57 Å². The van der Waals surface area contributed by atoms with Crippen molar-refractivity contribution in [3.05, 3.63) is 65.0 Å². The highest BCUT2D eigenvalue weighted by atomic mass is 16.5. The summed E-state index contributed by atoms with van der Waals surface area (Å²) in [7, 11) is 1.58. The number of fused-ring (bicyclic) bond motifs is 1. The number of nitrogens with zero attached hydrogens (tertiary/aromatic N) is 1. The highest BCUT2D eigenvalue weighted by Crippen LogP contribution is 2.25. The molecule has 0 saturated heterocycles. The summed E-state index contributed by atoms with van der Waals surface area (Å²) in [5.41, 5.74) is 0.324. The van der Waals surface area contributed by atoms with E-state index in [1.807, 2.05) is 12.1 Å². The molecule has 0 aliphatic carbocycles. The summed E-state index contributed by atoms with van der Waals surface area (Å²) in [4.78, 5) is 12.2. The smallest absolute Gasteiger partial charge is 0.258 e. The number of pyridine rings is 1. The van der Waals surface area contributed by atoms with Crippen LogP contribution in [-0.4, -0.2) is 16.8 Å². The van der Waals surface area contributed by atoms with E-state index in [4.69, 9.17) is 4.74 Å². The van der Waals surface area contributed by atoms with Gasteiger partial charge in [-0.3, -0.25) is 4.79 Å². The lowest BCUT2D eigenvalue weighted by Gasteiger charge is -2.11. The van der Waals surface area contributed by atoms with Gasteiger partial charge in [-0.2, -0.15) is 0 Å². The molecule has 0 saturated carbocycles. The molecule has 0 atom stereocenters. The summed E-state index contributed by atoms with van der Waals surface area (Å²) in [5, 5.41) is 11.7. The molecule has 3 rings (SSSR count). The first kappa shape index (κ1) is 12.3. The zero-order chi connectivity index (χ0) is 14.1. The van der Waals surface area contributed by atoms with Gasteiger partial charge in [-0.05, 0) is 35.7 Å². The highest BCUT2D eigenvalue weighted by molar-refractivity contribution is 5.87. The molecule has 4 heteroatoms. The Morgan fingerprint density at radius 3 is 2.45 bits per heavy atom.